The minimum atomic E-state index is -1.96. The van der Waals surface area contributed by atoms with Crippen LogP contribution >= 0.6 is 0 Å². The van der Waals surface area contributed by atoms with Crippen molar-refractivity contribution in [2.45, 2.75) is 40.5 Å². The van der Waals surface area contributed by atoms with Crippen LogP contribution in [0.2, 0.25) is 34.5 Å². The molecule has 8 aromatic rings. The Balaban J connectivity index is 1.36. The Bertz CT molecular complexity index is 2240. The zero-order chi connectivity index (χ0) is 34.6. The number of para-hydroxylation sites is 1. The van der Waals surface area contributed by atoms with E-state index in [1.807, 2.05) is 0 Å². The number of hydrogen-bond donors (Lipinski definition) is 0. The maximum atomic E-state index is 2.47. The van der Waals surface area contributed by atoms with Crippen LogP contribution in [0.3, 0.4) is 0 Å². The van der Waals surface area contributed by atoms with Crippen molar-refractivity contribution >= 4 is 84.7 Å². The van der Waals surface area contributed by atoms with Gasteiger partial charge in [-0.1, -0.05) is 0 Å². The molecule has 0 N–H and O–H groups in total. The van der Waals surface area contributed by atoms with Crippen LogP contribution in [0.15, 0.2) is 158 Å². The molecule has 3 heteroatoms. The van der Waals surface area contributed by atoms with Crippen molar-refractivity contribution in [1.29, 1.82) is 0 Å². The van der Waals surface area contributed by atoms with Gasteiger partial charge in [-0.15, -0.1) is 0 Å². The Kier molecular flexibility index (Phi) is 8.40. The molecule has 0 aliphatic rings. The molecule has 0 aliphatic carbocycles. The molecule has 1 nitrogen and oxygen atoms in total. The first-order valence-corrected chi connectivity index (χ1v) is 32.6. The first kappa shape index (κ1) is 32.9. The Labute approximate surface area is 302 Å². The van der Waals surface area contributed by atoms with Gasteiger partial charge in [-0.2, -0.15) is 0 Å². The van der Waals surface area contributed by atoms with E-state index in [0.29, 0.717) is 0 Å². The fraction of sp³-hybridized carbons (Fsp3) is 0.149. The Morgan fingerprint density at radius 3 is 1.46 bits per heavy atom. The van der Waals surface area contributed by atoms with Gasteiger partial charge in [-0.25, -0.2) is 0 Å². The average Bonchev–Trinajstić information content (AvgIpc) is 3.12. The second-order valence-corrected chi connectivity index (χ2v) is 37.2. The molecule has 0 fully saturated rings. The molecular formula is C47H45Ge2N. The molecule has 246 valence electrons. The number of rotatable bonds is 8. The molecule has 1 unspecified atom stereocenters. The van der Waals surface area contributed by atoms with Crippen LogP contribution in [0.4, 0.5) is 17.1 Å². The van der Waals surface area contributed by atoms with Crippen molar-refractivity contribution in [3.8, 4) is 0 Å². The first-order chi connectivity index (χ1) is 24.1. The van der Waals surface area contributed by atoms with E-state index >= 15 is 0 Å². The molecule has 0 radical (unpaired) electrons. The molecule has 1 atom stereocenters. The third kappa shape index (κ3) is 5.95. The number of nitrogens with zero attached hydrogens (tertiary/aromatic N) is 1. The zero-order valence-electron chi connectivity index (χ0n) is 30.0. The van der Waals surface area contributed by atoms with E-state index in [-0.39, 0.29) is 5.92 Å². The quantitative estimate of drug-likeness (QED) is 0.0845. The van der Waals surface area contributed by atoms with Crippen molar-refractivity contribution in [3.63, 3.8) is 0 Å². The van der Waals surface area contributed by atoms with Gasteiger partial charge in [0.25, 0.3) is 0 Å². The summed E-state index contributed by atoms with van der Waals surface area (Å²) < 4.78 is 3.07. The summed E-state index contributed by atoms with van der Waals surface area (Å²) in [4.78, 5) is 2.44. The van der Waals surface area contributed by atoms with Crippen molar-refractivity contribution in [2.24, 2.45) is 0 Å². The average molecular weight is 769 g/mol. The fourth-order valence-electron chi connectivity index (χ4n) is 7.74. The molecule has 50 heavy (non-hydrogen) atoms. The Morgan fingerprint density at radius 1 is 0.400 bits per heavy atom. The predicted molar refractivity (Wildman–Crippen MR) is 225 cm³/mol. The van der Waals surface area contributed by atoms with Gasteiger partial charge < -0.3 is 0 Å². The van der Waals surface area contributed by atoms with Crippen LogP contribution < -0.4 is 13.7 Å². The summed E-state index contributed by atoms with van der Waals surface area (Å²) >= 11 is -3.91. The van der Waals surface area contributed by atoms with Crippen molar-refractivity contribution in [2.75, 3.05) is 4.90 Å². The summed E-state index contributed by atoms with van der Waals surface area (Å²) in [6.07, 6.45) is 0. The van der Waals surface area contributed by atoms with Crippen molar-refractivity contribution < 1.29 is 0 Å². The van der Waals surface area contributed by atoms with Gasteiger partial charge in [0, 0.05) is 0 Å². The molecular weight excluding hydrogens is 724 g/mol. The third-order valence-corrected chi connectivity index (χ3v) is 19.1. The normalized spacial score (nSPS) is 12.9. The van der Waals surface area contributed by atoms with E-state index in [0.717, 1.165) is 0 Å². The van der Waals surface area contributed by atoms with Crippen LogP contribution in [0.5, 0.6) is 0 Å². The molecule has 0 bridgehead atoms. The van der Waals surface area contributed by atoms with E-state index in [1.54, 1.807) is 4.40 Å². The molecule has 0 aliphatic heterocycles. The van der Waals surface area contributed by atoms with Gasteiger partial charge in [0.15, 0.2) is 0 Å². The van der Waals surface area contributed by atoms with Gasteiger partial charge in [0.2, 0.25) is 0 Å². The second-order valence-electron chi connectivity index (χ2n) is 15.8. The molecule has 8 aromatic carbocycles. The summed E-state index contributed by atoms with van der Waals surface area (Å²) in [6, 6.07) is 59.7. The van der Waals surface area contributed by atoms with E-state index in [4.69, 9.17) is 0 Å². The number of benzene rings is 8. The Hall–Kier alpha value is -4.31. The van der Waals surface area contributed by atoms with Crippen LogP contribution in [0.1, 0.15) is 22.6 Å². The predicted octanol–water partition coefficient (Wildman–Crippen LogP) is 12.3. The van der Waals surface area contributed by atoms with Gasteiger partial charge in [-0.3, -0.25) is 0 Å². The monoisotopic (exact) mass is 771 g/mol. The first-order valence-electron chi connectivity index (χ1n) is 17.9. The summed E-state index contributed by atoms with van der Waals surface area (Å²) in [5, 5.41) is 7.86. The second kappa shape index (κ2) is 12.8. The molecule has 0 saturated carbocycles. The number of hydrogen-bond acceptors (Lipinski definition) is 1. The summed E-state index contributed by atoms with van der Waals surface area (Å²) in [5.74, 6) is 14.9. The zero-order valence-corrected chi connectivity index (χ0v) is 34.2. The summed E-state index contributed by atoms with van der Waals surface area (Å²) in [6.45, 7) is 0. The van der Waals surface area contributed by atoms with Gasteiger partial charge in [0.1, 0.15) is 0 Å². The van der Waals surface area contributed by atoms with Crippen LogP contribution in [-0.4, -0.2) is 26.5 Å². The van der Waals surface area contributed by atoms with Gasteiger partial charge >= 0.3 is 304 Å². The molecule has 0 amide bonds. The van der Waals surface area contributed by atoms with E-state index in [1.165, 1.54) is 70.5 Å². The standard InChI is InChI=1S/C47H45Ge2N/c1-48(2,3)37-23-17-34(18-24-37)45(33-13-9-7-10-14-33)41-29-19-35-21-31-43-44(32-22-36-20-30-42(41)46(35)47(36)43)50(39-15-11-8-12-16-39)40-27-25-38(26-28-40)49(4,5)6/h7-32,45H,1-6H3. The Morgan fingerprint density at radius 2 is 0.860 bits per heavy atom. The van der Waals surface area contributed by atoms with Crippen LogP contribution in [-0.2, 0) is 0 Å². The molecule has 8 rings (SSSR count). The van der Waals surface area contributed by atoms with E-state index in [9.17, 15) is 0 Å². The molecule has 0 aromatic heterocycles. The van der Waals surface area contributed by atoms with E-state index in [2.05, 4.69) is 197 Å². The third-order valence-electron chi connectivity index (χ3n) is 10.5. The topological polar surface area (TPSA) is 3.24 Å². The molecule has 0 saturated heterocycles. The van der Waals surface area contributed by atoms with Crippen molar-refractivity contribution in [1.82, 2.24) is 0 Å². The molecule has 0 spiro atoms. The number of anilines is 3. The van der Waals surface area contributed by atoms with Crippen LogP contribution in [0, 0.1) is 0 Å². The fourth-order valence-corrected chi connectivity index (χ4v) is 12.6. The van der Waals surface area contributed by atoms with Gasteiger partial charge in [-0.05, 0) is 0 Å². The molecule has 0 heterocycles. The summed E-state index contributed by atoms with van der Waals surface area (Å²) in [5.41, 5.74) is 7.59. The van der Waals surface area contributed by atoms with E-state index < -0.39 is 26.5 Å². The summed E-state index contributed by atoms with van der Waals surface area (Å²) in [7, 11) is 0. The minimum absolute atomic E-state index is 0.133. The van der Waals surface area contributed by atoms with Crippen molar-refractivity contribution in [3.05, 3.63) is 174 Å². The van der Waals surface area contributed by atoms with Gasteiger partial charge in [0.05, 0.1) is 0 Å². The maximum absolute atomic E-state index is 2.47. The SMILES string of the molecule is [CH3][Ge]([CH3])([CH3])[c]1ccc(C(c2ccccc2)c2ccc3ccc4c(N(c5ccccc5)c5cc[c]([Ge]([CH3])([CH3])[CH3])cc5)ccc5ccc2c3c54)cc1. The van der Waals surface area contributed by atoms with Crippen LogP contribution in [0.25, 0.3) is 32.3 Å².